The predicted octanol–water partition coefficient (Wildman–Crippen LogP) is 4.16. The Morgan fingerprint density at radius 1 is 1.15 bits per heavy atom. The quantitative estimate of drug-likeness (QED) is 0.799. The van der Waals surface area contributed by atoms with Crippen LogP contribution in [0.25, 0.3) is 11.0 Å². The SMILES string of the molecule is CC.CC.CCn1nc(NC2=CCC3C=CC=CC23)c2c(N)ncnc21.[B]. The zero-order valence-electron chi connectivity index (χ0n) is 17.0. The molecule has 2 unspecified atom stereocenters. The van der Waals surface area contributed by atoms with E-state index >= 15 is 0 Å². The highest BCUT2D eigenvalue weighted by molar-refractivity contribution is 5.96. The van der Waals surface area contributed by atoms with E-state index in [1.54, 1.807) is 0 Å². The van der Waals surface area contributed by atoms with Crippen molar-refractivity contribution < 1.29 is 0 Å². The van der Waals surface area contributed by atoms with Gasteiger partial charge in [-0.2, -0.15) is 5.10 Å². The normalized spacial score (nSPS) is 19.1. The molecule has 0 aromatic carbocycles. The molecule has 2 aliphatic rings. The van der Waals surface area contributed by atoms with Crippen LogP contribution >= 0.6 is 0 Å². The molecule has 0 bridgehead atoms. The summed E-state index contributed by atoms with van der Waals surface area (Å²) in [7, 11) is 0. The Kier molecular flexibility index (Phi) is 8.78. The van der Waals surface area contributed by atoms with Crippen LogP contribution in [-0.2, 0) is 6.54 Å². The summed E-state index contributed by atoms with van der Waals surface area (Å²) in [5.74, 6) is 2.13. The van der Waals surface area contributed by atoms with Gasteiger partial charge < -0.3 is 11.1 Å². The minimum absolute atomic E-state index is 0. The number of nitrogens with zero attached hydrogens (tertiary/aromatic N) is 4. The van der Waals surface area contributed by atoms with Gasteiger partial charge in [0.15, 0.2) is 11.5 Å². The zero-order valence-corrected chi connectivity index (χ0v) is 17.0. The Bertz CT molecular complexity index is 821. The second-order valence-corrected chi connectivity index (χ2v) is 5.60. The summed E-state index contributed by atoms with van der Waals surface area (Å²) in [4.78, 5) is 8.41. The molecule has 0 aliphatic heterocycles. The van der Waals surface area contributed by atoms with Crippen LogP contribution in [0.1, 0.15) is 41.0 Å². The molecule has 0 amide bonds. The molecule has 2 aromatic rings. The number of nitrogen functional groups attached to an aromatic ring is 1. The molecular weight excluding hydrogens is 335 g/mol. The average Bonchev–Trinajstić information content (AvgIpc) is 3.28. The fourth-order valence-electron chi connectivity index (χ4n) is 3.22. The first-order chi connectivity index (χ1) is 12.8. The molecule has 4 rings (SSSR count). The Balaban J connectivity index is 0.000000686. The van der Waals surface area contributed by atoms with Crippen LogP contribution in [0.2, 0.25) is 0 Å². The highest BCUT2D eigenvalue weighted by atomic mass is 15.3. The Morgan fingerprint density at radius 2 is 1.85 bits per heavy atom. The molecule has 2 aliphatic carbocycles. The van der Waals surface area contributed by atoms with Crippen molar-refractivity contribution >= 4 is 31.1 Å². The molecule has 143 valence electrons. The number of hydrogen-bond acceptors (Lipinski definition) is 5. The zero-order chi connectivity index (χ0) is 19.1. The highest BCUT2D eigenvalue weighted by Gasteiger charge is 2.28. The highest BCUT2D eigenvalue weighted by Crippen LogP contribution is 2.37. The van der Waals surface area contributed by atoms with Crippen molar-refractivity contribution in [3.05, 3.63) is 42.4 Å². The van der Waals surface area contributed by atoms with Crippen molar-refractivity contribution in [1.29, 1.82) is 0 Å². The van der Waals surface area contributed by atoms with Gasteiger partial charge in [-0.15, -0.1) is 0 Å². The lowest BCUT2D eigenvalue weighted by Crippen LogP contribution is -2.14. The first-order valence-electron chi connectivity index (χ1n) is 9.57. The van der Waals surface area contributed by atoms with Crippen molar-refractivity contribution in [3.8, 4) is 0 Å². The smallest absolute Gasteiger partial charge is 0.165 e. The largest absolute Gasteiger partial charge is 0.383 e. The summed E-state index contributed by atoms with van der Waals surface area (Å²) < 4.78 is 1.85. The van der Waals surface area contributed by atoms with Crippen molar-refractivity contribution in [2.24, 2.45) is 11.8 Å². The van der Waals surface area contributed by atoms with E-state index in [1.807, 2.05) is 39.3 Å². The third kappa shape index (κ3) is 4.41. The van der Waals surface area contributed by atoms with E-state index in [2.05, 4.69) is 50.8 Å². The lowest BCUT2D eigenvalue weighted by molar-refractivity contribution is 0.579. The average molecular weight is 365 g/mol. The van der Waals surface area contributed by atoms with Crippen LogP contribution in [0.4, 0.5) is 11.6 Å². The lowest BCUT2D eigenvalue weighted by atomic mass is 9.90. The van der Waals surface area contributed by atoms with E-state index in [4.69, 9.17) is 5.73 Å². The number of allylic oxidation sites excluding steroid dienone is 5. The molecule has 2 aromatic heterocycles. The summed E-state index contributed by atoms with van der Waals surface area (Å²) in [5, 5.41) is 8.87. The number of rotatable bonds is 3. The van der Waals surface area contributed by atoms with E-state index in [0.717, 1.165) is 29.8 Å². The van der Waals surface area contributed by atoms with Gasteiger partial charge in [-0.05, 0) is 19.3 Å². The summed E-state index contributed by atoms with van der Waals surface area (Å²) in [6.45, 7) is 10.8. The maximum absolute atomic E-state index is 6.04. The van der Waals surface area contributed by atoms with Gasteiger partial charge in [0.05, 0.1) is 0 Å². The molecule has 3 radical (unpaired) electrons. The van der Waals surface area contributed by atoms with Crippen LogP contribution in [0.3, 0.4) is 0 Å². The Hall–Kier alpha value is -2.57. The van der Waals surface area contributed by atoms with Crippen molar-refractivity contribution in [3.63, 3.8) is 0 Å². The van der Waals surface area contributed by atoms with Gasteiger partial charge in [-0.3, -0.25) is 0 Å². The third-order valence-corrected chi connectivity index (χ3v) is 4.34. The van der Waals surface area contributed by atoms with E-state index in [0.29, 0.717) is 17.7 Å². The first-order valence-corrected chi connectivity index (χ1v) is 9.57. The summed E-state index contributed by atoms with van der Waals surface area (Å²) in [5.41, 5.74) is 7.99. The van der Waals surface area contributed by atoms with Gasteiger partial charge in [0.2, 0.25) is 0 Å². The lowest BCUT2D eigenvalue weighted by Gasteiger charge is -2.19. The summed E-state index contributed by atoms with van der Waals surface area (Å²) in [6, 6.07) is 0. The Labute approximate surface area is 164 Å². The summed E-state index contributed by atoms with van der Waals surface area (Å²) >= 11 is 0. The fraction of sp³-hybridized carbons (Fsp3) is 0.450. The van der Waals surface area contributed by atoms with Gasteiger partial charge in [-0.1, -0.05) is 58.1 Å². The van der Waals surface area contributed by atoms with Crippen LogP contribution in [0.5, 0.6) is 0 Å². The second-order valence-electron chi connectivity index (χ2n) is 5.60. The number of fused-ring (bicyclic) bond motifs is 2. The molecule has 2 atom stereocenters. The molecule has 6 nitrogen and oxygen atoms in total. The molecule has 0 saturated carbocycles. The van der Waals surface area contributed by atoms with Gasteiger partial charge in [-0.25, -0.2) is 14.6 Å². The van der Waals surface area contributed by atoms with E-state index in [-0.39, 0.29) is 8.41 Å². The maximum atomic E-state index is 6.04. The van der Waals surface area contributed by atoms with Crippen molar-refractivity contribution in [2.75, 3.05) is 11.1 Å². The first kappa shape index (κ1) is 22.5. The topological polar surface area (TPSA) is 81.7 Å². The predicted molar refractivity (Wildman–Crippen MR) is 115 cm³/mol. The number of aromatic nitrogens is 4. The van der Waals surface area contributed by atoms with Gasteiger partial charge >= 0.3 is 0 Å². The van der Waals surface area contributed by atoms with Crippen molar-refractivity contribution in [1.82, 2.24) is 19.7 Å². The molecule has 0 saturated heterocycles. The minimum Gasteiger partial charge on any atom is -0.383 e. The Morgan fingerprint density at radius 3 is 2.56 bits per heavy atom. The molecule has 7 heteroatoms. The van der Waals surface area contributed by atoms with Crippen LogP contribution < -0.4 is 11.1 Å². The van der Waals surface area contributed by atoms with E-state index < -0.39 is 0 Å². The monoisotopic (exact) mass is 365 g/mol. The second kappa shape index (κ2) is 10.6. The molecule has 2 heterocycles. The third-order valence-electron chi connectivity index (χ3n) is 4.34. The molecule has 27 heavy (non-hydrogen) atoms. The number of anilines is 2. The minimum atomic E-state index is 0. The van der Waals surface area contributed by atoms with E-state index in [9.17, 15) is 0 Å². The molecule has 0 spiro atoms. The maximum Gasteiger partial charge on any atom is 0.165 e. The molecule has 0 fully saturated rings. The van der Waals surface area contributed by atoms with E-state index in [1.165, 1.54) is 12.0 Å². The van der Waals surface area contributed by atoms with Crippen LogP contribution in [0.15, 0.2) is 42.4 Å². The molecule has 3 N–H and O–H groups in total. The number of nitrogens with one attached hydrogen (secondary N) is 1. The van der Waals surface area contributed by atoms with Crippen LogP contribution in [-0.4, -0.2) is 28.2 Å². The summed E-state index contributed by atoms with van der Waals surface area (Å²) in [6.07, 6.45) is 13.5. The van der Waals surface area contributed by atoms with Gasteiger partial charge in [0.1, 0.15) is 17.5 Å². The fourth-order valence-corrected chi connectivity index (χ4v) is 3.22. The standard InChI is InChI=1S/C16H18N6.2C2H6.B/c1-2-22-16-13(14(17)18-9-19-16)15(21-22)20-12-8-7-10-5-3-4-6-11(10)12;2*1-2;/h3-6,8-11H,2,7H2,1H3,(H,20,21)(H2,17,18,19);2*1-2H3;. The van der Waals surface area contributed by atoms with Gasteiger partial charge in [0, 0.05) is 26.6 Å². The number of hydrogen-bond donors (Lipinski definition) is 2. The molecular formula is C20H30BN6. The van der Waals surface area contributed by atoms with Crippen LogP contribution in [0, 0.1) is 11.8 Å². The number of nitrogens with two attached hydrogens (primary N) is 1. The van der Waals surface area contributed by atoms with Crippen molar-refractivity contribution in [2.45, 2.75) is 47.6 Å². The number of aryl methyl sites for hydroxylation is 1. The van der Waals surface area contributed by atoms with Gasteiger partial charge in [0.25, 0.3) is 0 Å².